The maximum atomic E-state index is 11.9. The van der Waals surface area contributed by atoms with Crippen LogP contribution in [0, 0.1) is 6.92 Å². The van der Waals surface area contributed by atoms with Crippen LogP contribution in [0.2, 0.25) is 5.02 Å². The monoisotopic (exact) mass is 292 g/mol. The smallest absolute Gasteiger partial charge is 0.157 e. The van der Waals surface area contributed by atoms with Gasteiger partial charge in [-0.3, -0.25) is 9.48 Å². The molecule has 5 nitrogen and oxygen atoms in total. The fourth-order valence-corrected chi connectivity index (χ4v) is 2.35. The van der Waals surface area contributed by atoms with Crippen molar-refractivity contribution in [2.75, 3.05) is 6.26 Å². The minimum absolute atomic E-state index is 0.0122. The molecule has 0 aliphatic rings. The molecule has 1 aromatic rings. The lowest BCUT2D eigenvalue weighted by molar-refractivity contribution is -0.117. The van der Waals surface area contributed by atoms with Crippen LogP contribution in [0.3, 0.4) is 0 Å². The molecular formula is C11H17ClN2O3S. The van der Waals surface area contributed by atoms with Crippen LogP contribution in [-0.4, -0.2) is 35.5 Å². The van der Waals surface area contributed by atoms with Crippen LogP contribution in [0.1, 0.15) is 25.2 Å². The minimum atomic E-state index is -3.37. The van der Waals surface area contributed by atoms with Gasteiger partial charge in [0.05, 0.1) is 22.8 Å². The van der Waals surface area contributed by atoms with Crippen LogP contribution in [0.5, 0.6) is 0 Å². The van der Waals surface area contributed by atoms with Crippen molar-refractivity contribution in [3.63, 3.8) is 0 Å². The number of carbonyl (C=O) groups is 1. The fraction of sp³-hybridized carbons (Fsp3) is 0.636. The molecule has 0 saturated carbocycles. The van der Waals surface area contributed by atoms with Crippen molar-refractivity contribution in [3.8, 4) is 0 Å². The number of aryl methyl sites for hydroxylation is 2. The third-order valence-corrected chi connectivity index (χ3v) is 4.93. The van der Waals surface area contributed by atoms with Crippen molar-refractivity contribution in [1.29, 1.82) is 0 Å². The zero-order valence-electron chi connectivity index (χ0n) is 10.9. The van der Waals surface area contributed by atoms with Crippen molar-refractivity contribution in [1.82, 2.24) is 9.78 Å². The molecule has 18 heavy (non-hydrogen) atoms. The van der Waals surface area contributed by atoms with Crippen molar-refractivity contribution in [2.24, 2.45) is 0 Å². The van der Waals surface area contributed by atoms with Gasteiger partial charge in [0.2, 0.25) is 0 Å². The number of carbonyl (C=O) groups excluding carboxylic acids is 1. The first-order valence-electron chi connectivity index (χ1n) is 5.61. The highest BCUT2D eigenvalue weighted by Gasteiger charge is 2.26. The number of sulfone groups is 1. The van der Waals surface area contributed by atoms with Crippen LogP contribution in [0.4, 0.5) is 0 Å². The highest BCUT2D eigenvalue weighted by atomic mass is 35.5. The quantitative estimate of drug-likeness (QED) is 0.823. The van der Waals surface area contributed by atoms with Crippen LogP contribution in [0.25, 0.3) is 0 Å². The summed E-state index contributed by atoms with van der Waals surface area (Å²) in [4.78, 5) is 11.9. The first-order chi connectivity index (χ1) is 8.18. The van der Waals surface area contributed by atoms with Gasteiger partial charge in [0.25, 0.3) is 0 Å². The Bertz CT molecular complexity index is 563. The number of Topliss-reactive ketones (excluding diaryl/α,β-unsaturated/α-hetero) is 1. The van der Waals surface area contributed by atoms with Gasteiger partial charge >= 0.3 is 0 Å². The number of hydrogen-bond acceptors (Lipinski definition) is 4. The van der Waals surface area contributed by atoms with Gasteiger partial charge in [-0.1, -0.05) is 11.6 Å². The van der Waals surface area contributed by atoms with Gasteiger partial charge in [-0.05, 0) is 20.8 Å². The molecule has 0 amide bonds. The second kappa shape index (κ2) is 5.40. The highest BCUT2D eigenvalue weighted by molar-refractivity contribution is 7.92. The fourth-order valence-electron chi connectivity index (χ4n) is 1.59. The molecule has 0 aliphatic heterocycles. The van der Waals surface area contributed by atoms with Crippen LogP contribution >= 0.6 is 11.6 Å². The first kappa shape index (κ1) is 15.2. The number of ketones is 1. The lowest BCUT2D eigenvalue weighted by Gasteiger charge is -2.09. The Morgan fingerprint density at radius 1 is 1.50 bits per heavy atom. The first-order valence-corrected chi connectivity index (χ1v) is 7.95. The molecule has 0 N–H and O–H groups in total. The zero-order chi connectivity index (χ0) is 14.1. The van der Waals surface area contributed by atoms with Gasteiger partial charge in [0.1, 0.15) is 5.25 Å². The molecule has 0 radical (unpaired) electrons. The Morgan fingerprint density at radius 3 is 2.50 bits per heavy atom. The maximum absolute atomic E-state index is 11.9. The Morgan fingerprint density at radius 2 is 2.06 bits per heavy atom. The summed E-state index contributed by atoms with van der Waals surface area (Å²) in [7, 11) is -3.37. The Kier molecular flexibility index (Phi) is 4.55. The number of hydrogen-bond donors (Lipinski definition) is 0. The minimum Gasteiger partial charge on any atom is -0.298 e. The van der Waals surface area contributed by atoms with Crippen LogP contribution in [-0.2, 0) is 27.6 Å². The molecule has 0 aliphatic carbocycles. The lowest BCUT2D eigenvalue weighted by Crippen LogP contribution is -2.28. The van der Waals surface area contributed by atoms with E-state index in [-0.39, 0.29) is 12.2 Å². The third-order valence-electron chi connectivity index (χ3n) is 2.89. The molecule has 1 unspecified atom stereocenters. The molecule has 0 bridgehead atoms. The van der Waals surface area contributed by atoms with Gasteiger partial charge in [-0.2, -0.15) is 5.10 Å². The normalized spacial score (nSPS) is 13.6. The predicted octanol–water partition coefficient (Wildman–Crippen LogP) is 1.41. The van der Waals surface area contributed by atoms with Crippen molar-refractivity contribution < 1.29 is 13.2 Å². The van der Waals surface area contributed by atoms with E-state index in [0.717, 1.165) is 6.26 Å². The number of rotatable bonds is 5. The maximum Gasteiger partial charge on any atom is 0.157 e. The van der Waals surface area contributed by atoms with Gasteiger partial charge < -0.3 is 0 Å². The lowest BCUT2D eigenvalue weighted by atomic mass is 10.1. The molecule has 102 valence electrons. The summed E-state index contributed by atoms with van der Waals surface area (Å²) in [5.74, 6) is -0.367. The van der Waals surface area contributed by atoms with E-state index in [4.69, 9.17) is 11.6 Å². The average molecular weight is 293 g/mol. The standard InChI is InChI=1S/C11H17ClN2O3S/c1-5-14-9(11(12)7(2)13-14)6-10(15)8(3)18(4,16)17/h8H,5-6H2,1-4H3. The van der Waals surface area contributed by atoms with Gasteiger partial charge in [-0.15, -0.1) is 0 Å². The second-order valence-corrected chi connectivity index (χ2v) is 7.02. The third kappa shape index (κ3) is 3.11. The molecule has 0 fully saturated rings. The van der Waals surface area contributed by atoms with Gasteiger partial charge in [-0.25, -0.2) is 8.42 Å². The van der Waals surface area contributed by atoms with Crippen molar-refractivity contribution in [3.05, 3.63) is 16.4 Å². The van der Waals surface area contributed by atoms with Crippen LogP contribution in [0.15, 0.2) is 0 Å². The van der Waals surface area contributed by atoms with E-state index in [9.17, 15) is 13.2 Å². The highest BCUT2D eigenvalue weighted by Crippen LogP contribution is 2.21. The van der Waals surface area contributed by atoms with E-state index in [1.54, 1.807) is 11.6 Å². The summed E-state index contributed by atoms with van der Waals surface area (Å²) in [5, 5.41) is 3.60. The Labute approximate surface area is 112 Å². The van der Waals surface area contributed by atoms with Gasteiger partial charge in [0, 0.05) is 12.8 Å². The molecule has 1 atom stereocenters. The molecule has 1 heterocycles. The van der Waals surface area contributed by atoms with E-state index < -0.39 is 15.1 Å². The molecule has 7 heteroatoms. The predicted molar refractivity (Wildman–Crippen MR) is 70.7 cm³/mol. The summed E-state index contributed by atoms with van der Waals surface area (Å²) >= 11 is 6.07. The molecule has 1 aromatic heterocycles. The van der Waals surface area contributed by atoms with E-state index >= 15 is 0 Å². The number of halogens is 1. The Balaban J connectivity index is 3.02. The zero-order valence-corrected chi connectivity index (χ0v) is 12.5. The summed E-state index contributed by atoms with van der Waals surface area (Å²) in [6.07, 6.45) is 1.04. The largest absolute Gasteiger partial charge is 0.298 e. The molecule has 1 rings (SSSR count). The van der Waals surface area contributed by atoms with Crippen molar-refractivity contribution >= 4 is 27.2 Å². The van der Waals surface area contributed by atoms with E-state index in [1.807, 2.05) is 6.92 Å². The van der Waals surface area contributed by atoms with E-state index in [1.165, 1.54) is 6.92 Å². The molecular weight excluding hydrogens is 276 g/mol. The second-order valence-electron chi connectivity index (χ2n) is 4.28. The molecule has 0 spiro atoms. The summed E-state index contributed by atoms with van der Waals surface area (Å²) in [6.45, 7) is 5.62. The van der Waals surface area contributed by atoms with Gasteiger partial charge in [0.15, 0.2) is 15.6 Å². The summed E-state index contributed by atoms with van der Waals surface area (Å²) < 4.78 is 24.3. The molecule has 0 saturated heterocycles. The van der Waals surface area contributed by atoms with E-state index in [2.05, 4.69) is 5.10 Å². The SMILES string of the molecule is CCn1nc(C)c(Cl)c1CC(=O)C(C)S(C)(=O)=O. The topological polar surface area (TPSA) is 69.0 Å². The Hall–Kier alpha value is -0.880. The summed E-state index contributed by atoms with van der Waals surface area (Å²) in [5.41, 5.74) is 1.23. The van der Waals surface area contributed by atoms with E-state index in [0.29, 0.717) is 23.0 Å². The molecule has 0 aromatic carbocycles. The van der Waals surface area contributed by atoms with Crippen LogP contribution < -0.4 is 0 Å². The van der Waals surface area contributed by atoms with Crippen molar-refractivity contribution in [2.45, 2.75) is 39.0 Å². The number of aromatic nitrogens is 2. The summed E-state index contributed by atoms with van der Waals surface area (Å²) in [6, 6.07) is 0. The average Bonchev–Trinajstić information content (AvgIpc) is 2.54. The number of nitrogens with zero attached hydrogens (tertiary/aromatic N) is 2.